The number of benzene rings is 1. The first-order valence-corrected chi connectivity index (χ1v) is 4.93. The fourth-order valence-electron chi connectivity index (χ4n) is 1.13. The lowest BCUT2D eigenvalue weighted by Crippen LogP contribution is -1.75. The van der Waals surface area contributed by atoms with Gasteiger partial charge < -0.3 is 5.11 Å². The molecule has 0 unspecified atom stereocenters. The lowest BCUT2D eigenvalue weighted by atomic mass is 10.2. The molecule has 14 heavy (non-hydrogen) atoms. The highest BCUT2D eigenvalue weighted by Crippen LogP contribution is 2.25. The summed E-state index contributed by atoms with van der Waals surface area (Å²) in [7, 11) is 0. The Morgan fingerprint density at radius 2 is 2.00 bits per heavy atom. The van der Waals surface area contributed by atoms with Gasteiger partial charge in [-0.25, -0.2) is 9.37 Å². The predicted octanol–water partition coefficient (Wildman–Crippen LogP) is 2.44. The van der Waals surface area contributed by atoms with Gasteiger partial charge in [-0.05, 0) is 17.7 Å². The number of hydrogen-bond donors (Lipinski definition) is 1. The number of nitrogens with zero attached hydrogens (tertiary/aromatic N) is 1. The van der Waals surface area contributed by atoms with Crippen molar-refractivity contribution >= 4 is 11.3 Å². The summed E-state index contributed by atoms with van der Waals surface area (Å²) in [4.78, 5) is 4.95. The molecule has 1 aromatic carbocycles. The normalized spacial score (nSPS) is 10.4. The van der Waals surface area contributed by atoms with E-state index in [0.29, 0.717) is 5.01 Å². The van der Waals surface area contributed by atoms with Crippen molar-refractivity contribution in [2.75, 3.05) is 0 Å². The molecule has 2 aromatic rings. The number of hydrogen-bond acceptors (Lipinski definition) is 3. The molecule has 2 rings (SSSR count). The van der Waals surface area contributed by atoms with E-state index in [1.165, 1.54) is 23.5 Å². The molecule has 1 aromatic heterocycles. The van der Waals surface area contributed by atoms with Crippen LogP contribution in [0.25, 0.3) is 10.4 Å². The zero-order valence-electron chi connectivity index (χ0n) is 7.27. The topological polar surface area (TPSA) is 33.1 Å². The number of aliphatic hydroxyl groups is 1. The second kappa shape index (κ2) is 3.86. The molecule has 72 valence electrons. The first-order chi connectivity index (χ1) is 6.79. The third-order valence-electron chi connectivity index (χ3n) is 1.82. The van der Waals surface area contributed by atoms with E-state index < -0.39 is 0 Å². The van der Waals surface area contributed by atoms with Crippen molar-refractivity contribution in [3.63, 3.8) is 0 Å². The molecule has 0 aliphatic heterocycles. The maximum atomic E-state index is 12.6. The molecule has 0 radical (unpaired) electrons. The van der Waals surface area contributed by atoms with Gasteiger partial charge in [-0.2, -0.15) is 0 Å². The Hall–Kier alpha value is -1.26. The summed E-state index contributed by atoms with van der Waals surface area (Å²) in [6.45, 7) is -0.0497. The van der Waals surface area contributed by atoms with Crippen LogP contribution in [-0.2, 0) is 6.61 Å². The first-order valence-electron chi connectivity index (χ1n) is 4.11. The SMILES string of the molecule is OCc1ncc(-c2ccc(F)cc2)s1. The maximum Gasteiger partial charge on any atom is 0.123 e. The molecule has 0 bridgehead atoms. The van der Waals surface area contributed by atoms with E-state index >= 15 is 0 Å². The van der Waals surface area contributed by atoms with E-state index in [-0.39, 0.29) is 12.4 Å². The molecule has 0 aliphatic carbocycles. The number of rotatable bonds is 2. The van der Waals surface area contributed by atoms with Crippen LogP contribution in [0.5, 0.6) is 0 Å². The Morgan fingerprint density at radius 3 is 2.57 bits per heavy atom. The molecule has 1 N–H and O–H groups in total. The summed E-state index contributed by atoms with van der Waals surface area (Å²) in [6.07, 6.45) is 1.68. The van der Waals surface area contributed by atoms with Crippen molar-refractivity contribution in [1.82, 2.24) is 4.98 Å². The molecule has 0 saturated carbocycles. The highest BCUT2D eigenvalue weighted by Gasteiger charge is 2.03. The van der Waals surface area contributed by atoms with Crippen molar-refractivity contribution < 1.29 is 9.50 Å². The predicted molar refractivity (Wildman–Crippen MR) is 53.4 cm³/mol. The molecule has 0 fully saturated rings. The largest absolute Gasteiger partial charge is 0.389 e. The van der Waals surface area contributed by atoms with E-state index in [9.17, 15) is 4.39 Å². The third kappa shape index (κ3) is 1.81. The summed E-state index contributed by atoms with van der Waals surface area (Å²) in [5.41, 5.74) is 0.920. The van der Waals surface area contributed by atoms with Crippen LogP contribution in [0.1, 0.15) is 5.01 Å². The fourth-order valence-corrected chi connectivity index (χ4v) is 1.91. The second-order valence-corrected chi connectivity index (χ2v) is 3.90. The molecular formula is C10H8FNOS. The van der Waals surface area contributed by atoms with E-state index in [4.69, 9.17) is 5.11 Å². The average molecular weight is 209 g/mol. The number of aromatic nitrogens is 1. The molecular weight excluding hydrogens is 201 g/mol. The van der Waals surface area contributed by atoms with E-state index in [2.05, 4.69) is 4.98 Å². The van der Waals surface area contributed by atoms with Crippen LogP contribution in [0.2, 0.25) is 0 Å². The van der Waals surface area contributed by atoms with Crippen LogP contribution in [0, 0.1) is 5.82 Å². The van der Waals surface area contributed by atoms with Gasteiger partial charge in [0.2, 0.25) is 0 Å². The summed E-state index contributed by atoms with van der Waals surface area (Å²) in [5.74, 6) is -0.249. The number of halogens is 1. The lowest BCUT2D eigenvalue weighted by molar-refractivity contribution is 0.281. The first kappa shape index (κ1) is 9.30. The smallest absolute Gasteiger partial charge is 0.123 e. The Bertz CT molecular complexity index is 424. The Kier molecular flexibility index (Phi) is 2.56. The highest BCUT2D eigenvalue weighted by atomic mass is 32.1. The average Bonchev–Trinajstić information content (AvgIpc) is 2.67. The monoisotopic (exact) mass is 209 g/mol. The minimum Gasteiger partial charge on any atom is -0.389 e. The molecule has 0 aliphatic rings. The summed E-state index contributed by atoms with van der Waals surface area (Å²) < 4.78 is 12.6. The fraction of sp³-hybridized carbons (Fsp3) is 0.100. The summed E-state index contributed by atoms with van der Waals surface area (Å²) in [6, 6.07) is 6.22. The summed E-state index contributed by atoms with van der Waals surface area (Å²) in [5, 5.41) is 9.50. The van der Waals surface area contributed by atoms with Crippen LogP contribution in [0.4, 0.5) is 4.39 Å². The van der Waals surface area contributed by atoms with Crippen LogP contribution in [-0.4, -0.2) is 10.1 Å². The van der Waals surface area contributed by atoms with Gasteiger partial charge >= 0.3 is 0 Å². The van der Waals surface area contributed by atoms with Gasteiger partial charge in [-0.3, -0.25) is 0 Å². The minimum absolute atomic E-state index is 0.0497. The Labute approximate surface area is 84.7 Å². The second-order valence-electron chi connectivity index (χ2n) is 2.78. The lowest BCUT2D eigenvalue weighted by Gasteiger charge is -1.94. The van der Waals surface area contributed by atoms with Gasteiger partial charge in [0.1, 0.15) is 10.8 Å². The molecule has 0 amide bonds. The standard InChI is InChI=1S/C10H8FNOS/c11-8-3-1-7(2-4-8)9-5-12-10(6-13)14-9/h1-5,13H,6H2. The van der Waals surface area contributed by atoms with Crippen molar-refractivity contribution in [3.05, 3.63) is 41.3 Å². The van der Waals surface area contributed by atoms with Crippen molar-refractivity contribution in [2.24, 2.45) is 0 Å². The molecule has 1 heterocycles. The molecule has 0 atom stereocenters. The summed E-state index contributed by atoms with van der Waals surface area (Å²) >= 11 is 1.41. The van der Waals surface area contributed by atoms with E-state index in [1.807, 2.05) is 0 Å². The molecule has 2 nitrogen and oxygen atoms in total. The quantitative estimate of drug-likeness (QED) is 0.824. The Balaban J connectivity index is 2.34. The zero-order chi connectivity index (χ0) is 9.97. The van der Waals surface area contributed by atoms with Crippen molar-refractivity contribution in [3.8, 4) is 10.4 Å². The number of thiazole rings is 1. The molecule has 4 heteroatoms. The van der Waals surface area contributed by atoms with Gasteiger partial charge in [0.25, 0.3) is 0 Å². The van der Waals surface area contributed by atoms with Gasteiger partial charge in [0, 0.05) is 6.20 Å². The van der Waals surface area contributed by atoms with Crippen LogP contribution in [0.3, 0.4) is 0 Å². The van der Waals surface area contributed by atoms with Gasteiger partial charge in [-0.15, -0.1) is 11.3 Å². The highest BCUT2D eigenvalue weighted by molar-refractivity contribution is 7.15. The van der Waals surface area contributed by atoms with Crippen LogP contribution < -0.4 is 0 Å². The van der Waals surface area contributed by atoms with Crippen molar-refractivity contribution in [1.29, 1.82) is 0 Å². The number of aliphatic hydroxyl groups excluding tert-OH is 1. The van der Waals surface area contributed by atoms with Crippen LogP contribution >= 0.6 is 11.3 Å². The van der Waals surface area contributed by atoms with Crippen LogP contribution in [0.15, 0.2) is 30.5 Å². The van der Waals surface area contributed by atoms with Gasteiger partial charge in [-0.1, -0.05) is 12.1 Å². The maximum absolute atomic E-state index is 12.6. The van der Waals surface area contributed by atoms with Gasteiger partial charge in [0.05, 0.1) is 11.5 Å². The van der Waals surface area contributed by atoms with Crippen molar-refractivity contribution in [2.45, 2.75) is 6.61 Å². The molecule has 0 spiro atoms. The minimum atomic E-state index is -0.249. The Morgan fingerprint density at radius 1 is 1.29 bits per heavy atom. The van der Waals surface area contributed by atoms with E-state index in [0.717, 1.165) is 10.4 Å². The molecule has 0 saturated heterocycles. The zero-order valence-corrected chi connectivity index (χ0v) is 8.09. The third-order valence-corrected chi connectivity index (χ3v) is 2.85. The van der Waals surface area contributed by atoms with E-state index in [1.54, 1.807) is 18.3 Å². The van der Waals surface area contributed by atoms with Gasteiger partial charge in [0.15, 0.2) is 0 Å².